The lowest BCUT2D eigenvalue weighted by molar-refractivity contribution is -0.128. The molecule has 0 saturated carbocycles. The number of ketones is 1. The zero-order valence-corrected chi connectivity index (χ0v) is 10.5. The molecule has 1 heterocycles. The fourth-order valence-corrected chi connectivity index (χ4v) is 2.81. The Morgan fingerprint density at radius 2 is 1.94 bits per heavy atom. The van der Waals surface area contributed by atoms with Crippen LogP contribution in [0.1, 0.15) is 30.7 Å². The third-order valence-electron chi connectivity index (χ3n) is 3.55. The topological polar surface area (TPSA) is 46.5 Å². The van der Waals surface area contributed by atoms with Gasteiger partial charge in [0.15, 0.2) is 17.8 Å². The normalized spacial score (nSPS) is 27.1. The molecule has 18 heavy (non-hydrogen) atoms. The summed E-state index contributed by atoms with van der Waals surface area (Å²) in [5.41, 5.74) is 2.09. The van der Waals surface area contributed by atoms with E-state index in [-0.39, 0.29) is 11.7 Å². The molecule has 2 aliphatic rings. The fourth-order valence-electron chi connectivity index (χ4n) is 2.69. The van der Waals surface area contributed by atoms with Gasteiger partial charge in [-0.3, -0.25) is 4.79 Å². The first kappa shape index (κ1) is 11.8. The second kappa shape index (κ2) is 4.41. The molecule has 1 aliphatic carbocycles. The van der Waals surface area contributed by atoms with Crippen molar-refractivity contribution in [1.29, 1.82) is 0 Å². The van der Waals surface area contributed by atoms with Crippen molar-refractivity contribution >= 4 is 17.4 Å². The van der Waals surface area contributed by atoms with E-state index >= 15 is 0 Å². The first-order chi connectivity index (χ1) is 8.65. The number of hydrogen-bond donors (Lipinski definition) is 1. The summed E-state index contributed by atoms with van der Waals surface area (Å²) in [6.07, 6.45) is 0.815. The maximum Gasteiger partial charge on any atom is 0.198 e. The Morgan fingerprint density at radius 3 is 2.67 bits per heavy atom. The van der Waals surface area contributed by atoms with E-state index in [0.29, 0.717) is 23.6 Å². The van der Waals surface area contributed by atoms with Crippen molar-refractivity contribution in [3.05, 3.63) is 46.2 Å². The molecule has 0 fully saturated rings. The van der Waals surface area contributed by atoms with E-state index in [0.717, 1.165) is 17.6 Å². The molecule has 2 atom stereocenters. The van der Waals surface area contributed by atoms with E-state index in [1.807, 2.05) is 24.3 Å². The Labute approximate surface area is 110 Å². The minimum atomic E-state index is -0.897. The fraction of sp³-hybridized carbons (Fsp3) is 0.357. The van der Waals surface area contributed by atoms with E-state index < -0.39 is 6.29 Å². The second-order valence-electron chi connectivity index (χ2n) is 4.69. The molecule has 4 heteroatoms. The SMILES string of the molecule is O=C1CCC2=C1O[C@H](O)C[C@H]2c1ccc(Cl)cc1. The van der Waals surface area contributed by atoms with Crippen LogP contribution in [-0.4, -0.2) is 17.2 Å². The van der Waals surface area contributed by atoms with Gasteiger partial charge in [-0.25, -0.2) is 0 Å². The van der Waals surface area contributed by atoms with Gasteiger partial charge in [-0.2, -0.15) is 0 Å². The maximum atomic E-state index is 11.7. The third kappa shape index (κ3) is 1.93. The molecule has 0 saturated heterocycles. The van der Waals surface area contributed by atoms with Crippen LogP contribution in [-0.2, 0) is 9.53 Å². The summed E-state index contributed by atoms with van der Waals surface area (Å²) in [5.74, 6) is 0.448. The Hall–Kier alpha value is -1.32. The third-order valence-corrected chi connectivity index (χ3v) is 3.80. The van der Waals surface area contributed by atoms with E-state index in [1.165, 1.54) is 0 Å². The quantitative estimate of drug-likeness (QED) is 0.848. The van der Waals surface area contributed by atoms with Crippen molar-refractivity contribution in [3.8, 4) is 0 Å². The molecule has 94 valence electrons. The number of hydrogen-bond acceptors (Lipinski definition) is 3. The molecule has 0 unspecified atom stereocenters. The van der Waals surface area contributed by atoms with Crippen molar-refractivity contribution in [3.63, 3.8) is 0 Å². The van der Waals surface area contributed by atoms with Crippen molar-refractivity contribution in [2.45, 2.75) is 31.5 Å². The summed E-state index contributed by atoms with van der Waals surface area (Å²) in [7, 11) is 0. The Morgan fingerprint density at radius 1 is 1.22 bits per heavy atom. The van der Waals surface area contributed by atoms with Gasteiger partial charge in [0.05, 0.1) is 0 Å². The van der Waals surface area contributed by atoms with Crippen LogP contribution in [0.5, 0.6) is 0 Å². The standard InChI is InChI=1S/C14H13ClO3/c15-9-3-1-8(2-4-9)11-7-13(17)18-14-10(11)5-6-12(14)16/h1-4,11,13,17H,5-7H2/t11-,13-/m0/s1. The van der Waals surface area contributed by atoms with E-state index in [2.05, 4.69) is 0 Å². The monoisotopic (exact) mass is 264 g/mol. The number of benzene rings is 1. The second-order valence-corrected chi connectivity index (χ2v) is 5.13. The van der Waals surface area contributed by atoms with Gasteiger partial charge in [0.2, 0.25) is 0 Å². The maximum absolute atomic E-state index is 11.7. The van der Waals surface area contributed by atoms with Gasteiger partial charge in [0.1, 0.15) is 0 Å². The molecule has 0 radical (unpaired) electrons. The van der Waals surface area contributed by atoms with E-state index in [9.17, 15) is 9.90 Å². The molecule has 0 amide bonds. The van der Waals surface area contributed by atoms with Crippen LogP contribution in [0.2, 0.25) is 5.02 Å². The van der Waals surface area contributed by atoms with Crippen LogP contribution in [0.25, 0.3) is 0 Å². The first-order valence-corrected chi connectivity index (χ1v) is 6.39. The smallest absolute Gasteiger partial charge is 0.198 e. The predicted molar refractivity (Wildman–Crippen MR) is 67.2 cm³/mol. The van der Waals surface area contributed by atoms with Crippen LogP contribution < -0.4 is 0 Å². The Balaban J connectivity index is 2.00. The first-order valence-electron chi connectivity index (χ1n) is 6.01. The summed E-state index contributed by atoms with van der Waals surface area (Å²) in [4.78, 5) is 11.7. The summed E-state index contributed by atoms with van der Waals surface area (Å²) < 4.78 is 5.26. The number of Topliss-reactive ketones (excluding diaryl/α,β-unsaturated/α-hetero) is 1. The van der Waals surface area contributed by atoms with Crippen LogP contribution in [0.4, 0.5) is 0 Å². The van der Waals surface area contributed by atoms with Crippen LogP contribution in [0.15, 0.2) is 35.6 Å². The largest absolute Gasteiger partial charge is 0.461 e. The number of ether oxygens (including phenoxy) is 1. The Kier molecular flexibility index (Phi) is 2.88. The van der Waals surface area contributed by atoms with Crippen molar-refractivity contribution < 1.29 is 14.6 Å². The van der Waals surface area contributed by atoms with Gasteiger partial charge in [-0.15, -0.1) is 0 Å². The summed E-state index contributed by atoms with van der Waals surface area (Å²) in [6.45, 7) is 0. The van der Waals surface area contributed by atoms with E-state index in [4.69, 9.17) is 16.3 Å². The molecule has 0 bridgehead atoms. The van der Waals surface area contributed by atoms with Gasteiger partial charge >= 0.3 is 0 Å². The summed E-state index contributed by atoms with van der Waals surface area (Å²) in [6, 6.07) is 7.54. The molecule has 3 rings (SSSR count). The lowest BCUT2D eigenvalue weighted by Gasteiger charge is -2.28. The predicted octanol–water partition coefficient (Wildman–Crippen LogP) is 2.78. The van der Waals surface area contributed by atoms with Crippen LogP contribution >= 0.6 is 11.6 Å². The van der Waals surface area contributed by atoms with Gasteiger partial charge in [0.25, 0.3) is 0 Å². The molecule has 1 aromatic rings. The van der Waals surface area contributed by atoms with Gasteiger partial charge in [-0.05, 0) is 29.7 Å². The minimum absolute atomic E-state index is 0.00251. The number of aliphatic hydroxyl groups excluding tert-OH is 1. The number of carbonyl (C=O) groups excluding carboxylic acids is 1. The average Bonchev–Trinajstić information content (AvgIpc) is 2.71. The van der Waals surface area contributed by atoms with Crippen molar-refractivity contribution in [2.75, 3.05) is 0 Å². The zero-order valence-electron chi connectivity index (χ0n) is 9.73. The number of halogens is 1. The molecule has 0 aromatic heterocycles. The molecule has 1 aromatic carbocycles. The highest BCUT2D eigenvalue weighted by Crippen LogP contribution is 2.42. The number of allylic oxidation sites excluding steroid dienone is 2. The highest BCUT2D eigenvalue weighted by Gasteiger charge is 2.37. The highest BCUT2D eigenvalue weighted by molar-refractivity contribution is 6.30. The molecule has 0 spiro atoms. The molecule has 3 nitrogen and oxygen atoms in total. The van der Waals surface area contributed by atoms with Crippen LogP contribution in [0, 0.1) is 0 Å². The highest BCUT2D eigenvalue weighted by atomic mass is 35.5. The van der Waals surface area contributed by atoms with Gasteiger partial charge < -0.3 is 9.84 Å². The van der Waals surface area contributed by atoms with Crippen LogP contribution in [0.3, 0.4) is 0 Å². The van der Waals surface area contributed by atoms with Crippen molar-refractivity contribution in [1.82, 2.24) is 0 Å². The molecular weight excluding hydrogens is 252 g/mol. The van der Waals surface area contributed by atoms with Gasteiger partial charge in [-0.1, -0.05) is 23.7 Å². The molecule has 1 N–H and O–H groups in total. The number of rotatable bonds is 1. The van der Waals surface area contributed by atoms with E-state index in [1.54, 1.807) is 0 Å². The number of aliphatic hydroxyl groups is 1. The average molecular weight is 265 g/mol. The summed E-state index contributed by atoms with van der Waals surface area (Å²) >= 11 is 5.87. The lowest BCUT2D eigenvalue weighted by Crippen LogP contribution is -2.24. The van der Waals surface area contributed by atoms with Gasteiger partial charge in [0, 0.05) is 23.8 Å². The Bertz CT molecular complexity index is 518. The van der Waals surface area contributed by atoms with Crippen molar-refractivity contribution in [2.24, 2.45) is 0 Å². The minimum Gasteiger partial charge on any atom is -0.461 e. The zero-order chi connectivity index (χ0) is 12.7. The molecule has 1 aliphatic heterocycles. The lowest BCUT2D eigenvalue weighted by atomic mass is 9.86. The summed E-state index contributed by atoms with van der Waals surface area (Å²) in [5, 5.41) is 10.4. The molecular formula is C14H13ClO3. The number of carbonyl (C=O) groups is 1.